The van der Waals surface area contributed by atoms with Crippen LogP contribution in [0.15, 0.2) is 47.9 Å². The van der Waals surface area contributed by atoms with Crippen LogP contribution in [-0.4, -0.2) is 38.0 Å². The summed E-state index contributed by atoms with van der Waals surface area (Å²) in [6, 6.07) is 9.47. The fourth-order valence-corrected chi connectivity index (χ4v) is 3.55. The molecule has 8 heteroatoms. The average molecular weight is 416 g/mol. The molecule has 0 aliphatic carbocycles. The fraction of sp³-hybridized carbons (Fsp3) is 0.300. The number of hydrogen-bond acceptors (Lipinski definition) is 5. The third-order valence-corrected chi connectivity index (χ3v) is 5.43. The summed E-state index contributed by atoms with van der Waals surface area (Å²) in [5.74, 6) is 1.32. The summed E-state index contributed by atoms with van der Waals surface area (Å²) in [7, 11) is 0. The third-order valence-electron chi connectivity index (χ3n) is 4.09. The van der Waals surface area contributed by atoms with E-state index in [0.29, 0.717) is 28.5 Å². The van der Waals surface area contributed by atoms with Gasteiger partial charge in [0.25, 0.3) is 0 Å². The molecule has 0 aliphatic heterocycles. The molecule has 0 fully saturated rings. The van der Waals surface area contributed by atoms with Crippen molar-refractivity contribution >= 4 is 29.3 Å². The number of rotatable bonds is 7. The predicted octanol–water partition coefficient (Wildman–Crippen LogP) is 4.16. The number of hydrogen-bond donors (Lipinski definition) is 1. The van der Waals surface area contributed by atoms with Gasteiger partial charge in [0.2, 0.25) is 5.91 Å². The van der Waals surface area contributed by atoms with Gasteiger partial charge in [-0.15, -0.1) is 10.2 Å². The van der Waals surface area contributed by atoms with Gasteiger partial charge >= 0.3 is 0 Å². The van der Waals surface area contributed by atoms with Crippen molar-refractivity contribution in [1.29, 1.82) is 0 Å². The Kier molecular flexibility index (Phi) is 6.70. The van der Waals surface area contributed by atoms with E-state index < -0.39 is 0 Å². The number of halogens is 1. The highest BCUT2D eigenvalue weighted by molar-refractivity contribution is 7.99. The summed E-state index contributed by atoms with van der Waals surface area (Å²) in [5, 5.41) is 12.9. The fourth-order valence-electron chi connectivity index (χ4n) is 2.61. The lowest BCUT2D eigenvalue weighted by molar-refractivity contribution is -0.118. The van der Waals surface area contributed by atoms with Crippen LogP contribution < -0.4 is 5.32 Å². The van der Waals surface area contributed by atoms with E-state index in [4.69, 9.17) is 11.6 Å². The van der Waals surface area contributed by atoms with Gasteiger partial charge in [0, 0.05) is 29.5 Å². The molecule has 0 saturated heterocycles. The Morgan fingerprint density at radius 3 is 2.68 bits per heavy atom. The van der Waals surface area contributed by atoms with E-state index in [1.165, 1.54) is 11.8 Å². The molecule has 0 radical (unpaired) electrons. The van der Waals surface area contributed by atoms with E-state index in [-0.39, 0.29) is 11.7 Å². The van der Waals surface area contributed by atoms with Crippen molar-refractivity contribution in [2.75, 3.05) is 12.3 Å². The van der Waals surface area contributed by atoms with Gasteiger partial charge in [-0.3, -0.25) is 14.3 Å². The number of amides is 1. The van der Waals surface area contributed by atoms with Gasteiger partial charge in [-0.05, 0) is 42.7 Å². The first-order valence-electron chi connectivity index (χ1n) is 8.98. The maximum absolute atomic E-state index is 12.1. The second kappa shape index (κ2) is 9.21. The van der Waals surface area contributed by atoms with Crippen LogP contribution in [0, 0.1) is 12.8 Å². The molecule has 0 saturated carbocycles. The smallest absolute Gasteiger partial charge is 0.230 e. The molecule has 2 heterocycles. The molecule has 0 aliphatic rings. The van der Waals surface area contributed by atoms with Crippen molar-refractivity contribution in [3.05, 3.63) is 53.3 Å². The van der Waals surface area contributed by atoms with E-state index in [2.05, 4.69) is 34.3 Å². The summed E-state index contributed by atoms with van der Waals surface area (Å²) in [5.41, 5.74) is 2.69. The van der Waals surface area contributed by atoms with Crippen molar-refractivity contribution in [2.45, 2.75) is 25.9 Å². The monoisotopic (exact) mass is 415 g/mol. The van der Waals surface area contributed by atoms with Crippen LogP contribution in [0.4, 0.5) is 0 Å². The van der Waals surface area contributed by atoms with Crippen molar-refractivity contribution < 1.29 is 4.79 Å². The number of pyridine rings is 1. The van der Waals surface area contributed by atoms with Crippen molar-refractivity contribution in [2.24, 2.45) is 5.92 Å². The number of nitrogens with zero attached hydrogens (tertiary/aromatic N) is 4. The highest BCUT2D eigenvalue weighted by Gasteiger charge is 2.19. The zero-order valence-electron chi connectivity index (χ0n) is 16.0. The zero-order chi connectivity index (χ0) is 20.1. The molecule has 6 nitrogen and oxygen atoms in total. The number of aromatic nitrogens is 4. The van der Waals surface area contributed by atoms with Gasteiger partial charge < -0.3 is 5.32 Å². The number of nitrogens with one attached hydrogen (secondary N) is 1. The first kappa shape index (κ1) is 20.4. The molecule has 1 aromatic carbocycles. The van der Waals surface area contributed by atoms with Gasteiger partial charge in [-0.1, -0.05) is 43.3 Å². The van der Waals surface area contributed by atoms with Crippen LogP contribution in [0.25, 0.3) is 17.1 Å². The molecule has 146 valence electrons. The molecule has 0 atom stereocenters. The molecule has 1 amide bonds. The van der Waals surface area contributed by atoms with Crippen LogP contribution in [0.1, 0.15) is 19.4 Å². The highest BCUT2D eigenvalue weighted by atomic mass is 35.5. The minimum Gasteiger partial charge on any atom is -0.355 e. The normalized spacial score (nSPS) is 11.0. The van der Waals surface area contributed by atoms with Gasteiger partial charge in [0.05, 0.1) is 11.4 Å². The standard InChI is InChI=1S/C20H22ClN5OS/c1-13(2)11-23-18(27)12-28-20-25-24-19(15-7-9-22-10-8-15)26(20)17-6-4-5-16(21)14(17)3/h4-10,13H,11-12H2,1-3H3,(H,23,27). The van der Waals surface area contributed by atoms with Gasteiger partial charge in [-0.2, -0.15) is 0 Å². The SMILES string of the molecule is Cc1c(Cl)cccc1-n1c(SCC(=O)NCC(C)C)nnc1-c1ccncc1. The van der Waals surface area contributed by atoms with Gasteiger partial charge in [0.15, 0.2) is 11.0 Å². The molecule has 28 heavy (non-hydrogen) atoms. The largest absolute Gasteiger partial charge is 0.355 e. The Morgan fingerprint density at radius 1 is 1.21 bits per heavy atom. The van der Waals surface area contributed by atoms with Gasteiger partial charge in [-0.25, -0.2) is 0 Å². The summed E-state index contributed by atoms with van der Waals surface area (Å²) >= 11 is 7.70. The maximum atomic E-state index is 12.1. The molecule has 3 rings (SSSR count). The molecule has 3 aromatic rings. The Hall–Kier alpha value is -2.38. The lowest BCUT2D eigenvalue weighted by atomic mass is 10.2. The molecule has 0 unspecified atom stereocenters. The van der Waals surface area contributed by atoms with Crippen molar-refractivity contribution in [3.8, 4) is 17.1 Å². The second-order valence-electron chi connectivity index (χ2n) is 6.75. The summed E-state index contributed by atoms with van der Waals surface area (Å²) in [4.78, 5) is 16.2. The number of thioether (sulfide) groups is 1. The Labute approximate surface area is 173 Å². The lowest BCUT2D eigenvalue weighted by Gasteiger charge is -2.14. The van der Waals surface area contributed by atoms with Crippen LogP contribution in [-0.2, 0) is 4.79 Å². The highest BCUT2D eigenvalue weighted by Crippen LogP contribution is 2.31. The predicted molar refractivity (Wildman–Crippen MR) is 113 cm³/mol. The van der Waals surface area contributed by atoms with E-state index >= 15 is 0 Å². The zero-order valence-corrected chi connectivity index (χ0v) is 17.6. The van der Waals surface area contributed by atoms with Crippen molar-refractivity contribution in [1.82, 2.24) is 25.1 Å². The molecule has 2 aromatic heterocycles. The van der Waals surface area contributed by atoms with E-state index in [1.54, 1.807) is 12.4 Å². The van der Waals surface area contributed by atoms with Crippen molar-refractivity contribution in [3.63, 3.8) is 0 Å². The molecule has 0 spiro atoms. The second-order valence-corrected chi connectivity index (χ2v) is 8.10. The average Bonchev–Trinajstić information content (AvgIpc) is 3.11. The first-order valence-corrected chi connectivity index (χ1v) is 10.3. The quantitative estimate of drug-likeness (QED) is 0.586. The minimum atomic E-state index is -0.0264. The Balaban J connectivity index is 1.96. The van der Waals surface area contributed by atoms with E-state index in [1.807, 2.05) is 41.8 Å². The molecule has 1 N–H and O–H groups in total. The van der Waals surface area contributed by atoms with Crippen LogP contribution in [0.5, 0.6) is 0 Å². The maximum Gasteiger partial charge on any atom is 0.230 e. The topological polar surface area (TPSA) is 72.7 Å². The number of carbonyl (C=O) groups excluding carboxylic acids is 1. The molecular weight excluding hydrogens is 394 g/mol. The number of carbonyl (C=O) groups is 1. The summed E-state index contributed by atoms with van der Waals surface area (Å²) < 4.78 is 1.94. The first-order chi connectivity index (χ1) is 13.5. The molecule has 0 bridgehead atoms. The Bertz CT molecular complexity index is 958. The Morgan fingerprint density at radius 2 is 1.96 bits per heavy atom. The van der Waals surface area contributed by atoms with Crippen LogP contribution in [0.2, 0.25) is 5.02 Å². The molecular formula is C20H22ClN5OS. The minimum absolute atomic E-state index is 0.0264. The van der Waals surface area contributed by atoms with Gasteiger partial charge in [0.1, 0.15) is 0 Å². The number of benzene rings is 1. The summed E-state index contributed by atoms with van der Waals surface area (Å²) in [6.07, 6.45) is 3.43. The summed E-state index contributed by atoms with van der Waals surface area (Å²) in [6.45, 7) is 6.74. The van der Waals surface area contributed by atoms with Crippen LogP contribution >= 0.6 is 23.4 Å². The lowest BCUT2D eigenvalue weighted by Crippen LogP contribution is -2.28. The third kappa shape index (κ3) is 4.72. The van der Waals surface area contributed by atoms with E-state index in [0.717, 1.165) is 16.8 Å². The van der Waals surface area contributed by atoms with E-state index in [9.17, 15) is 4.79 Å². The van der Waals surface area contributed by atoms with Crippen LogP contribution in [0.3, 0.4) is 0 Å².